The van der Waals surface area contributed by atoms with Crippen molar-refractivity contribution in [3.63, 3.8) is 0 Å². The largest absolute Gasteiger partial charge is 0.464 e. The van der Waals surface area contributed by atoms with Crippen LogP contribution < -0.4 is 5.32 Å². The number of benzene rings is 1. The number of aromatic nitrogens is 1. The van der Waals surface area contributed by atoms with Crippen LogP contribution in [0.25, 0.3) is 10.9 Å². The highest BCUT2D eigenvalue weighted by atomic mass is 35.5. The predicted molar refractivity (Wildman–Crippen MR) is 69.0 cm³/mol. The minimum atomic E-state index is -0.550. The number of hydrogen-bond acceptors (Lipinski definition) is 3. The molecule has 0 saturated heterocycles. The number of H-pyrrole nitrogens is 1. The van der Waals surface area contributed by atoms with E-state index in [1.165, 1.54) is 14.0 Å². The molecule has 6 heteroatoms. The van der Waals surface area contributed by atoms with Gasteiger partial charge in [0.1, 0.15) is 5.69 Å². The van der Waals surface area contributed by atoms with Crippen LogP contribution in [0.3, 0.4) is 0 Å². The molecule has 2 N–H and O–H groups in total. The monoisotopic (exact) mass is 266 g/mol. The molecule has 1 aromatic heterocycles. The van der Waals surface area contributed by atoms with E-state index in [9.17, 15) is 9.59 Å². The number of ether oxygens (including phenoxy) is 1. The molecule has 1 aromatic carbocycles. The molecular weight excluding hydrogens is 256 g/mol. The summed E-state index contributed by atoms with van der Waals surface area (Å²) < 4.78 is 4.66. The summed E-state index contributed by atoms with van der Waals surface area (Å²) in [5.74, 6) is -0.827. The van der Waals surface area contributed by atoms with Gasteiger partial charge in [0.2, 0.25) is 5.91 Å². The number of amides is 1. The number of fused-ring (bicyclic) bond motifs is 1. The lowest BCUT2D eigenvalue weighted by atomic mass is 10.2. The first-order chi connectivity index (χ1) is 8.52. The molecule has 0 bridgehead atoms. The lowest BCUT2D eigenvalue weighted by molar-refractivity contribution is -0.114. The normalized spacial score (nSPS) is 10.4. The van der Waals surface area contributed by atoms with Gasteiger partial charge in [-0.2, -0.15) is 0 Å². The Balaban J connectivity index is 2.68. The zero-order valence-corrected chi connectivity index (χ0v) is 10.6. The Bertz CT molecular complexity index is 634. The number of nitrogens with one attached hydrogen (secondary N) is 2. The van der Waals surface area contributed by atoms with Crippen LogP contribution in [0.5, 0.6) is 0 Å². The number of methoxy groups -OCH3 is 1. The second-order valence-electron chi connectivity index (χ2n) is 3.74. The summed E-state index contributed by atoms with van der Waals surface area (Å²) in [6.45, 7) is 1.37. The van der Waals surface area contributed by atoms with Gasteiger partial charge in [0.05, 0.1) is 12.8 Å². The van der Waals surface area contributed by atoms with Crippen LogP contribution in [0.1, 0.15) is 17.4 Å². The van der Waals surface area contributed by atoms with Gasteiger partial charge in [0.15, 0.2) is 0 Å². The SMILES string of the molecule is COC(=O)c1[nH]c2ccc(Cl)cc2c1NC(C)=O. The first-order valence-electron chi connectivity index (χ1n) is 5.20. The van der Waals surface area contributed by atoms with Crippen molar-refractivity contribution in [1.82, 2.24) is 4.98 Å². The molecule has 5 nitrogen and oxygen atoms in total. The number of anilines is 1. The van der Waals surface area contributed by atoms with Gasteiger partial charge in [0.25, 0.3) is 0 Å². The first kappa shape index (κ1) is 12.4. The summed E-state index contributed by atoms with van der Waals surface area (Å²) in [5.41, 5.74) is 1.28. The standard InChI is InChI=1S/C12H11ClN2O3/c1-6(16)14-10-8-5-7(13)3-4-9(8)15-11(10)12(17)18-2/h3-5,15H,1-2H3,(H,14,16). The van der Waals surface area contributed by atoms with Crippen LogP contribution in [0.15, 0.2) is 18.2 Å². The number of halogens is 1. The third-order valence-electron chi connectivity index (χ3n) is 2.45. The van der Waals surface area contributed by atoms with Crippen molar-refractivity contribution in [2.45, 2.75) is 6.92 Å². The van der Waals surface area contributed by atoms with Gasteiger partial charge in [0, 0.05) is 22.8 Å². The maximum Gasteiger partial charge on any atom is 0.356 e. The molecule has 0 spiro atoms. The number of rotatable bonds is 2. The molecule has 2 aromatic rings. The van der Waals surface area contributed by atoms with Crippen LogP contribution in [-0.2, 0) is 9.53 Å². The lowest BCUT2D eigenvalue weighted by Gasteiger charge is -2.03. The predicted octanol–water partition coefficient (Wildman–Crippen LogP) is 2.57. The maximum atomic E-state index is 11.6. The van der Waals surface area contributed by atoms with Gasteiger partial charge in [-0.3, -0.25) is 4.79 Å². The Morgan fingerprint density at radius 1 is 1.39 bits per heavy atom. The molecule has 1 amide bonds. The van der Waals surface area contributed by atoms with E-state index in [-0.39, 0.29) is 11.6 Å². The summed E-state index contributed by atoms with van der Waals surface area (Å²) >= 11 is 5.91. The third kappa shape index (κ3) is 2.17. The van der Waals surface area contributed by atoms with Crippen molar-refractivity contribution in [2.75, 3.05) is 12.4 Å². The molecule has 1 heterocycles. The summed E-state index contributed by atoms with van der Waals surface area (Å²) in [6.07, 6.45) is 0. The minimum Gasteiger partial charge on any atom is -0.464 e. The summed E-state index contributed by atoms with van der Waals surface area (Å²) in [4.78, 5) is 25.7. The zero-order chi connectivity index (χ0) is 13.3. The molecule has 0 atom stereocenters. The van der Waals surface area contributed by atoms with Gasteiger partial charge in [-0.1, -0.05) is 11.6 Å². The van der Waals surface area contributed by atoms with E-state index in [0.717, 1.165) is 0 Å². The fourth-order valence-electron chi connectivity index (χ4n) is 1.73. The third-order valence-corrected chi connectivity index (χ3v) is 2.69. The molecule has 2 rings (SSSR count). The highest BCUT2D eigenvalue weighted by molar-refractivity contribution is 6.31. The Kier molecular flexibility index (Phi) is 3.25. The van der Waals surface area contributed by atoms with Crippen molar-refractivity contribution in [3.05, 3.63) is 28.9 Å². The zero-order valence-electron chi connectivity index (χ0n) is 9.83. The fourth-order valence-corrected chi connectivity index (χ4v) is 1.90. The molecule has 94 valence electrons. The van der Waals surface area contributed by atoms with Gasteiger partial charge >= 0.3 is 5.97 Å². The smallest absolute Gasteiger partial charge is 0.356 e. The molecule has 0 unspecified atom stereocenters. The molecule has 0 aliphatic heterocycles. The van der Waals surface area contributed by atoms with E-state index in [1.807, 2.05) is 0 Å². The molecule has 18 heavy (non-hydrogen) atoms. The lowest BCUT2D eigenvalue weighted by Crippen LogP contribution is -2.11. The van der Waals surface area contributed by atoms with Gasteiger partial charge in [-0.05, 0) is 18.2 Å². The Morgan fingerprint density at radius 2 is 2.11 bits per heavy atom. The Hall–Kier alpha value is -2.01. The van der Waals surface area contributed by atoms with E-state index in [4.69, 9.17) is 11.6 Å². The quantitative estimate of drug-likeness (QED) is 0.821. The van der Waals surface area contributed by atoms with Crippen LogP contribution in [-0.4, -0.2) is 24.0 Å². The van der Waals surface area contributed by atoms with Crippen molar-refractivity contribution < 1.29 is 14.3 Å². The van der Waals surface area contributed by atoms with Crippen molar-refractivity contribution in [3.8, 4) is 0 Å². The van der Waals surface area contributed by atoms with E-state index in [0.29, 0.717) is 21.6 Å². The number of hydrogen-bond donors (Lipinski definition) is 2. The molecule has 0 aliphatic carbocycles. The second kappa shape index (κ2) is 4.70. The minimum absolute atomic E-state index is 0.199. The van der Waals surface area contributed by atoms with Crippen molar-refractivity contribution in [1.29, 1.82) is 0 Å². The van der Waals surface area contributed by atoms with E-state index >= 15 is 0 Å². The number of aromatic amines is 1. The highest BCUT2D eigenvalue weighted by Gasteiger charge is 2.19. The van der Waals surface area contributed by atoms with E-state index in [2.05, 4.69) is 15.0 Å². The number of carbonyl (C=O) groups is 2. The van der Waals surface area contributed by atoms with Gasteiger partial charge in [-0.25, -0.2) is 4.79 Å². The van der Waals surface area contributed by atoms with Gasteiger partial charge < -0.3 is 15.0 Å². The summed E-state index contributed by atoms with van der Waals surface area (Å²) in [6, 6.07) is 5.10. The van der Waals surface area contributed by atoms with E-state index in [1.54, 1.807) is 18.2 Å². The highest BCUT2D eigenvalue weighted by Crippen LogP contribution is 2.30. The van der Waals surface area contributed by atoms with E-state index < -0.39 is 5.97 Å². The first-order valence-corrected chi connectivity index (χ1v) is 5.58. The molecule has 0 fully saturated rings. The number of esters is 1. The van der Waals surface area contributed by atoms with Crippen molar-refractivity contribution >= 4 is 40.1 Å². The van der Waals surface area contributed by atoms with Gasteiger partial charge in [-0.15, -0.1) is 0 Å². The number of carbonyl (C=O) groups excluding carboxylic acids is 2. The second-order valence-corrected chi connectivity index (χ2v) is 4.17. The Morgan fingerprint density at radius 3 is 2.72 bits per heavy atom. The molecular formula is C12H11ClN2O3. The summed E-state index contributed by atoms with van der Waals surface area (Å²) in [7, 11) is 1.28. The summed E-state index contributed by atoms with van der Waals surface area (Å²) in [5, 5.41) is 3.79. The Labute approximate surface area is 108 Å². The fraction of sp³-hybridized carbons (Fsp3) is 0.167. The van der Waals surface area contributed by atoms with Crippen LogP contribution in [0, 0.1) is 0 Å². The van der Waals surface area contributed by atoms with Crippen molar-refractivity contribution in [2.24, 2.45) is 0 Å². The average molecular weight is 267 g/mol. The van der Waals surface area contributed by atoms with Crippen LogP contribution in [0.4, 0.5) is 5.69 Å². The van der Waals surface area contributed by atoms with Crippen LogP contribution in [0.2, 0.25) is 5.02 Å². The van der Waals surface area contributed by atoms with Crippen LogP contribution >= 0.6 is 11.6 Å². The molecule has 0 aliphatic rings. The average Bonchev–Trinajstić information content (AvgIpc) is 2.66. The topological polar surface area (TPSA) is 71.2 Å². The molecule has 0 radical (unpaired) electrons. The maximum absolute atomic E-state index is 11.6. The molecule has 0 saturated carbocycles.